The van der Waals surface area contributed by atoms with Crippen LogP contribution in [0.5, 0.6) is 0 Å². The summed E-state index contributed by atoms with van der Waals surface area (Å²) in [6.45, 7) is -0.657. The second-order valence-electron chi connectivity index (χ2n) is 2.93. The summed E-state index contributed by atoms with van der Waals surface area (Å²) in [5, 5.41) is 19.3. The van der Waals surface area contributed by atoms with Gasteiger partial charge in [-0.25, -0.2) is 4.79 Å². The number of aliphatic hydroxyl groups excluding tert-OH is 1. The number of carbonyl (C=O) groups is 2. The van der Waals surface area contributed by atoms with Gasteiger partial charge < -0.3 is 19.9 Å². The third-order valence-corrected chi connectivity index (χ3v) is 1.74. The molecule has 1 amide bonds. The molecular formula is C10H11NO5. The van der Waals surface area contributed by atoms with E-state index in [2.05, 4.69) is 5.32 Å². The van der Waals surface area contributed by atoms with Crippen molar-refractivity contribution < 1.29 is 24.2 Å². The molecule has 1 heterocycles. The van der Waals surface area contributed by atoms with Crippen LogP contribution < -0.4 is 5.32 Å². The van der Waals surface area contributed by atoms with E-state index in [-0.39, 0.29) is 0 Å². The first-order valence-electron chi connectivity index (χ1n) is 4.49. The first-order chi connectivity index (χ1) is 7.63. The van der Waals surface area contributed by atoms with Gasteiger partial charge in [0.15, 0.2) is 6.04 Å². The highest BCUT2D eigenvalue weighted by atomic mass is 16.4. The molecule has 1 rings (SSSR count). The Morgan fingerprint density at radius 2 is 2.31 bits per heavy atom. The molecule has 0 aliphatic rings. The van der Waals surface area contributed by atoms with Crippen LogP contribution >= 0.6 is 0 Å². The Hall–Kier alpha value is -2.08. The van der Waals surface area contributed by atoms with E-state index in [1.54, 1.807) is 12.1 Å². The van der Waals surface area contributed by atoms with Crippen molar-refractivity contribution in [2.24, 2.45) is 0 Å². The van der Waals surface area contributed by atoms with Gasteiger partial charge in [0, 0.05) is 6.08 Å². The van der Waals surface area contributed by atoms with Gasteiger partial charge in [-0.2, -0.15) is 0 Å². The molecule has 0 saturated carbocycles. The van der Waals surface area contributed by atoms with Gasteiger partial charge in [0.1, 0.15) is 5.76 Å². The van der Waals surface area contributed by atoms with Crippen molar-refractivity contribution in [1.29, 1.82) is 0 Å². The molecule has 0 aliphatic carbocycles. The number of amides is 1. The number of aliphatic carboxylic acids is 1. The van der Waals surface area contributed by atoms with Gasteiger partial charge in [0.05, 0.1) is 12.9 Å². The molecule has 3 N–H and O–H groups in total. The average molecular weight is 225 g/mol. The van der Waals surface area contributed by atoms with E-state index in [1.165, 1.54) is 12.3 Å². The lowest BCUT2D eigenvalue weighted by molar-refractivity contribution is -0.142. The molecule has 86 valence electrons. The zero-order valence-electron chi connectivity index (χ0n) is 8.29. The van der Waals surface area contributed by atoms with Gasteiger partial charge in [-0.3, -0.25) is 4.79 Å². The third kappa shape index (κ3) is 3.58. The van der Waals surface area contributed by atoms with Gasteiger partial charge in [0.25, 0.3) is 0 Å². The number of nitrogens with one attached hydrogen (secondary N) is 1. The van der Waals surface area contributed by atoms with Crippen LogP contribution in [0.3, 0.4) is 0 Å². The van der Waals surface area contributed by atoms with Crippen LogP contribution in [0, 0.1) is 0 Å². The molecule has 0 bridgehead atoms. The minimum atomic E-state index is -1.30. The van der Waals surface area contributed by atoms with E-state index in [1.807, 2.05) is 0 Å². The summed E-state index contributed by atoms with van der Waals surface area (Å²) in [6.07, 6.45) is 3.97. The molecule has 6 nitrogen and oxygen atoms in total. The minimum Gasteiger partial charge on any atom is -0.480 e. The summed E-state index contributed by atoms with van der Waals surface area (Å²) in [6, 6.07) is 2.00. The molecule has 0 fully saturated rings. The Balaban J connectivity index is 2.50. The van der Waals surface area contributed by atoms with Gasteiger partial charge >= 0.3 is 5.97 Å². The summed E-state index contributed by atoms with van der Waals surface area (Å²) >= 11 is 0. The SMILES string of the molecule is O=C(/C=C/c1ccco1)N[C@@H](CO)C(=O)O. The lowest BCUT2D eigenvalue weighted by Gasteiger charge is -2.08. The molecule has 1 aromatic heterocycles. The second kappa shape index (κ2) is 5.72. The van der Waals surface area contributed by atoms with Crippen LogP contribution in [0.2, 0.25) is 0 Å². The molecule has 0 aromatic carbocycles. The highest BCUT2D eigenvalue weighted by molar-refractivity contribution is 5.94. The normalized spacial score (nSPS) is 12.6. The Kier molecular flexibility index (Phi) is 4.28. The largest absolute Gasteiger partial charge is 0.480 e. The molecule has 0 spiro atoms. The van der Waals surface area contributed by atoms with E-state index in [9.17, 15) is 9.59 Å². The van der Waals surface area contributed by atoms with Gasteiger partial charge in [-0.1, -0.05) is 0 Å². The predicted molar refractivity (Wildman–Crippen MR) is 54.4 cm³/mol. The van der Waals surface area contributed by atoms with Crippen LogP contribution in [0.4, 0.5) is 0 Å². The Labute approximate surface area is 91.2 Å². The maximum atomic E-state index is 11.2. The number of carboxylic acids is 1. The molecule has 1 aromatic rings. The van der Waals surface area contributed by atoms with Crippen molar-refractivity contribution in [2.45, 2.75) is 6.04 Å². The number of carbonyl (C=O) groups excluding carboxylic acids is 1. The Morgan fingerprint density at radius 1 is 1.56 bits per heavy atom. The predicted octanol–water partition coefficient (Wildman–Crippen LogP) is -0.146. The van der Waals surface area contributed by atoms with Crippen molar-refractivity contribution in [3.63, 3.8) is 0 Å². The number of hydrogen-bond donors (Lipinski definition) is 3. The highest BCUT2D eigenvalue weighted by Gasteiger charge is 2.16. The van der Waals surface area contributed by atoms with Crippen LogP contribution in [0.25, 0.3) is 6.08 Å². The van der Waals surface area contributed by atoms with E-state index in [4.69, 9.17) is 14.6 Å². The summed E-state index contributed by atoms with van der Waals surface area (Å²) in [5.41, 5.74) is 0. The fourth-order valence-electron chi connectivity index (χ4n) is 0.949. The molecule has 0 radical (unpaired) electrons. The average Bonchev–Trinajstić information content (AvgIpc) is 2.75. The number of carboxylic acid groups (broad SMARTS) is 1. The quantitative estimate of drug-likeness (QED) is 0.605. The molecule has 0 unspecified atom stereocenters. The minimum absolute atomic E-state index is 0.478. The second-order valence-corrected chi connectivity index (χ2v) is 2.93. The van der Waals surface area contributed by atoms with Crippen molar-refractivity contribution in [3.8, 4) is 0 Å². The third-order valence-electron chi connectivity index (χ3n) is 1.74. The molecule has 1 atom stereocenters. The fourth-order valence-corrected chi connectivity index (χ4v) is 0.949. The summed E-state index contributed by atoms with van der Waals surface area (Å²) in [4.78, 5) is 21.7. The molecular weight excluding hydrogens is 214 g/mol. The van der Waals surface area contributed by atoms with E-state index >= 15 is 0 Å². The van der Waals surface area contributed by atoms with Gasteiger partial charge in [-0.15, -0.1) is 0 Å². The fraction of sp³-hybridized carbons (Fsp3) is 0.200. The smallest absolute Gasteiger partial charge is 0.328 e. The summed E-state index contributed by atoms with van der Waals surface area (Å²) in [7, 11) is 0. The van der Waals surface area contributed by atoms with E-state index < -0.39 is 24.5 Å². The number of aliphatic hydroxyl groups is 1. The van der Waals surface area contributed by atoms with Crippen molar-refractivity contribution in [3.05, 3.63) is 30.2 Å². The molecule has 16 heavy (non-hydrogen) atoms. The zero-order chi connectivity index (χ0) is 12.0. The topological polar surface area (TPSA) is 99.8 Å². The van der Waals surface area contributed by atoms with E-state index in [0.29, 0.717) is 5.76 Å². The number of hydrogen-bond acceptors (Lipinski definition) is 4. The maximum absolute atomic E-state index is 11.2. The Morgan fingerprint density at radius 3 is 2.81 bits per heavy atom. The highest BCUT2D eigenvalue weighted by Crippen LogP contribution is 2.01. The van der Waals surface area contributed by atoms with Crippen LogP contribution in [0.15, 0.2) is 28.9 Å². The standard InChI is InChI=1S/C10H11NO5/c12-6-8(10(14)15)11-9(13)4-3-7-2-1-5-16-7/h1-5,8,12H,6H2,(H,11,13)(H,14,15)/b4-3+/t8-/m0/s1. The van der Waals surface area contributed by atoms with Crippen molar-refractivity contribution in [1.82, 2.24) is 5.32 Å². The lowest BCUT2D eigenvalue weighted by atomic mass is 10.3. The maximum Gasteiger partial charge on any atom is 0.328 e. The first kappa shape index (κ1) is 12.0. The number of rotatable bonds is 5. The monoisotopic (exact) mass is 225 g/mol. The number of furan rings is 1. The van der Waals surface area contributed by atoms with Gasteiger partial charge in [0.2, 0.25) is 5.91 Å². The summed E-state index contributed by atoms with van der Waals surface area (Å²) < 4.78 is 4.93. The van der Waals surface area contributed by atoms with Crippen LogP contribution in [0.1, 0.15) is 5.76 Å². The first-order valence-corrected chi connectivity index (χ1v) is 4.49. The zero-order valence-corrected chi connectivity index (χ0v) is 8.29. The van der Waals surface area contributed by atoms with E-state index in [0.717, 1.165) is 6.08 Å². The van der Waals surface area contributed by atoms with Crippen molar-refractivity contribution >= 4 is 18.0 Å². The van der Waals surface area contributed by atoms with Gasteiger partial charge in [-0.05, 0) is 18.2 Å². The van der Waals surface area contributed by atoms with Crippen LogP contribution in [-0.2, 0) is 9.59 Å². The summed E-state index contributed by atoms with van der Waals surface area (Å²) in [5.74, 6) is -1.42. The molecule has 6 heteroatoms. The van der Waals surface area contributed by atoms with Crippen molar-refractivity contribution in [2.75, 3.05) is 6.61 Å². The molecule has 0 saturated heterocycles. The Bertz CT molecular complexity index is 382. The lowest BCUT2D eigenvalue weighted by Crippen LogP contribution is -2.42. The molecule has 0 aliphatic heterocycles. The van der Waals surface area contributed by atoms with Crippen LogP contribution in [-0.4, -0.2) is 34.7 Å².